The highest BCUT2D eigenvalue weighted by molar-refractivity contribution is 6.20. The van der Waals surface area contributed by atoms with Gasteiger partial charge in [0.1, 0.15) is 11.2 Å². The number of hydrogen-bond donors (Lipinski definition) is 0. The monoisotopic (exact) mass is 854 g/mol. The third kappa shape index (κ3) is 6.51. The lowest BCUT2D eigenvalue weighted by Crippen LogP contribution is -2.12. The van der Waals surface area contributed by atoms with E-state index < -0.39 is 0 Å². The SMILES string of the molecule is c1ccc(-c2ccc(N(c3ccc(-c4cccc(-n5c6ccccc6c6ccccc65)c4)cc3)c3ccccc3-c3cccc4oc5c6ccccc6ccc5c34)c(-c3ccccc3)c2)cc1. The highest BCUT2D eigenvalue weighted by Crippen LogP contribution is 2.48. The maximum absolute atomic E-state index is 6.74. The van der Waals surface area contributed by atoms with Gasteiger partial charge in [-0.15, -0.1) is 0 Å². The van der Waals surface area contributed by atoms with Gasteiger partial charge in [-0.05, 0) is 105 Å². The fourth-order valence-electron chi connectivity index (χ4n) is 10.3. The highest BCUT2D eigenvalue weighted by atomic mass is 16.3. The van der Waals surface area contributed by atoms with Crippen LogP contribution >= 0.6 is 0 Å². The number of anilines is 3. The molecular weight excluding hydrogens is 813 g/mol. The summed E-state index contributed by atoms with van der Waals surface area (Å²) >= 11 is 0. The standard InChI is InChI=1S/C64H42N2O/c1-3-17-43(18-4-1)48-36-40-61(57(42-48)45-19-5-2-6-20-45)65(60-31-14-11-27-54(60)55-28-16-32-62-63(55)56-39-35-46-21-7-8-24-51(46)64(56)67-62)49-37-33-44(34-38-49)47-22-15-23-50(41-47)66-58-29-12-9-25-52(58)53-26-10-13-30-59(53)66/h1-42H. The molecule has 0 amide bonds. The van der Waals surface area contributed by atoms with E-state index in [2.05, 4.69) is 264 Å². The quantitative estimate of drug-likeness (QED) is 0.152. The Balaban J connectivity index is 1.00. The van der Waals surface area contributed by atoms with Crippen LogP contribution in [0.1, 0.15) is 0 Å². The van der Waals surface area contributed by atoms with Crippen LogP contribution in [0.5, 0.6) is 0 Å². The highest BCUT2D eigenvalue weighted by Gasteiger charge is 2.24. The van der Waals surface area contributed by atoms with Crippen LogP contribution in [0.4, 0.5) is 17.1 Å². The van der Waals surface area contributed by atoms with Crippen LogP contribution in [0.2, 0.25) is 0 Å². The number of rotatable bonds is 8. The topological polar surface area (TPSA) is 21.3 Å². The minimum Gasteiger partial charge on any atom is -0.455 e. The van der Waals surface area contributed by atoms with Crippen molar-refractivity contribution in [3.05, 3.63) is 255 Å². The molecule has 0 atom stereocenters. The van der Waals surface area contributed by atoms with Gasteiger partial charge in [-0.25, -0.2) is 0 Å². The van der Waals surface area contributed by atoms with Gasteiger partial charge in [-0.2, -0.15) is 0 Å². The number of aromatic nitrogens is 1. The lowest BCUT2D eigenvalue weighted by Gasteiger charge is -2.30. The van der Waals surface area contributed by atoms with Gasteiger partial charge in [-0.3, -0.25) is 0 Å². The smallest absolute Gasteiger partial charge is 0.143 e. The Morgan fingerprint density at radius 1 is 0.328 bits per heavy atom. The Hall–Kier alpha value is -8.92. The molecule has 2 heterocycles. The van der Waals surface area contributed by atoms with Crippen molar-refractivity contribution in [3.63, 3.8) is 0 Å². The first-order valence-electron chi connectivity index (χ1n) is 22.9. The van der Waals surface area contributed by atoms with E-state index in [1.165, 1.54) is 27.4 Å². The Bertz CT molecular complexity index is 3920. The van der Waals surface area contributed by atoms with Gasteiger partial charge >= 0.3 is 0 Å². The van der Waals surface area contributed by atoms with Gasteiger partial charge in [0, 0.05) is 49.4 Å². The molecule has 0 N–H and O–H groups in total. The first kappa shape index (κ1) is 38.5. The number of furan rings is 1. The van der Waals surface area contributed by atoms with Crippen LogP contribution in [-0.4, -0.2) is 4.57 Å². The molecule has 13 aromatic rings. The van der Waals surface area contributed by atoms with Gasteiger partial charge in [0.25, 0.3) is 0 Å². The van der Waals surface area contributed by atoms with Gasteiger partial charge in [0.15, 0.2) is 0 Å². The van der Waals surface area contributed by atoms with Crippen LogP contribution < -0.4 is 4.90 Å². The molecule has 0 bridgehead atoms. The molecular formula is C64H42N2O. The van der Waals surface area contributed by atoms with Crippen LogP contribution in [0.3, 0.4) is 0 Å². The first-order chi connectivity index (χ1) is 33.2. The number of hydrogen-bond acceptors (Lipinski definition) is 2. The molecule has 13 rings (SSSR count). The molecule has 0 aliphatic carbocycles. The van der Waals surface area contributed by atoms with Gasteiger partial charge in [-0.1, -0.05) is 188 Å². The largest absolute Gasteiger partial charge is 0.455 e. The zero-order valence-electron chi connectivity index (χ0n) is 36.6. The fraction of sp³-hybridized carbons (Fsp3) is 0. The average Bonchev–Trinajstić information content (AvgIpc) is 3.96. The number of nitrogens with zero attached hydrogens (tertiary/aromatic N) is 2. The lowest BCUT2D eigenvalue weighted by atomic mass is 9.94. The second kappa shape index (κ2) is 16.0. The molecule has 2 aromatic heterocycles. The average molecular weight is 855 g/mol. The first-order valence-corrected chi connectivity index (χ1v) is 22.9. The summed E-state index contributed by atoms with van der Waals surface area (Å²) < 4.78 is 9.13. The van der Waals surface area contributed by atoms with Crippen LogP contribution in [0.25, 0.3) is 105 Å². The molecule has 3 heteroatoms. The summed E-state index contributed by atoms with van der Waals surface area (Å²) in [6.45, 7) is 0. The second-order valence-electron chi connectivity index (χ2n) is 17.2. The summed E-state index contributed by atoms with van der Waals surface area (Å²) in [5.41, 5.74) is 17.7. The van der Waals surface area contributed by atoms with E-state index in [1.54, 1.807) is 0 Å². The molecule has 0 saturated carbocycles. The molecule has 67 heavy (non-hydrogen) atoms. The maximum atomic E-state index is 6.74. The molecule has 0 spiro atoms. The summed E-state index contributed by atoms with van der Waals surface area (Å²) in [7, 11) is 0. The number of benzene rings is 11. The predicted molar refractivity (Wildman–Crippen MR) is 282 cm³/mol. The molecule has 0 aliphatic heterocycles. The summed E-state index contributed by atoms with van der Waals surface area (Å²) in [5.74, 6) is 0. The summed E-state index contributed by atoms with van der Waals surface area (Å²) in [6, 6.07) is 91.9. The van der Waals surface area contributed by atoms with E-state index in [0.29, 0.717) is 0 Å². The third-order valence-corrected chi connectivity index (χ3v) is 13.4. The van der Waals surface area contributed by atoms with Crippen molar-refractivity contribution in [1.29, 1.82) is 0 Å². The Labute approximate surface area is 388 Å². The van der Waals surface area contributed by atoms with Crippen LogP contribution in [0.15, 0.2) is 259 Å². The number of fused-ring (bicyclic) bond motifs is 8. The van der Waals surface area contributed by atoms with Gasteiger partial charge in [0.2, 0.25) is 0 Å². The van der Waals surface area contributed by atoms with Crippen LogP contribution in [-0.2, 0) is 0 Å². The maximum Gasteiger partial charge on any atom is 0.143 e. The summed E-state index contributed by atoms with van der Waals surface area (Å²) in [6.07, 6.45) is 0. The molecule has 0 unspecified atom stereocenters. The van der Waals surface area contributed by atoms with Crippen molar-refractivity contribution < 1.29 is 4.42 Å². The molecule has 314 valence electrons. The van der Waals surface area contributed by atoms with Crippen LogP contribution in [0, 0.1) is 0 Å². The molecule has 0 saturated heterocycles. The molecule has 11 aromatic carbocycles. The predicted octanol–water partition coefficient (Wildman–Crippen LogP) is 18.0. The summed E-state index contributed by atoms with van der Waals surface area (Å²) in [4.78, 5) is 2.45. The van der Waals surface area contributed by atoms with E-state index >= 15 is 0 Å². The molecule has 3 nitrogen and oxygen atoms in total. The minimum absolute atomic E-state index is 0.870. The van der Waals surface area contributed by atoms with Crippen molar-refractivity contribution in [2.24, 2.45) is 0 Å². The Morgan fingerprint density at radius 3 is 1.67 bits per heavy atom. The van der Waals surface area contributed by atoms with Crippen molar-refractivity contribution in [2.45, 2.75) is 0 Å². The van der Waals surface area contributed by atoms with Crippen molar-refractivity contribution in [3.8, 4) is 50.2 Å². The normalized spacial score (nSPS) is 11.6. The zero-order chi connectivity index (χ0) is 44.3. The fourth-order valence-corrected chi connectivity index (χ4v) is 10.3. The second-order valence-corrected chi connectivity index (χ2v) is 17.2. The van der Waals surface area contributed by atoms with E-state index in [9.17, 15) is 0 Å². The van der Waals surface area contributed by atoms with Crippen molar-refractivity contribution >= 4 is 71.6 Å². The lowest BCUT2D eigenvalue weighted by molar-refractivity contribution is 0.673. The van der Waals surface area contributed by atoms with E-state index in [4.69, 9.17) is 4.42 Å². The molecule has 0 radical (unpaired) electrons. The van der Waals surface area contributed by atoms with E-state index in [1.807, 2.05) is 0 Å². The summed E-state index contributed by atoms with van der Waals surface area (Å²) in [5, 5.41) is 7.00. The Morgan fingerprint density at radius 2 is 0.896 bits per heavy atom. The minimum atomic E-state index is 0.870. The van der Waals surface area contributed by atoms with Gasteiger partial charge in [0.05, 0.1) is 22.4 Å². The van der Waals surface area contributed by atoms with E-state index in [-0.39, 0.29) is 0 Å². The third-order valence-electron chi connectivity index (χ3n) is 13.4. The zero-order valence-corrected chi connectivity index (χ0v) is 36.6. The Kier molecular flexibility index (Phi) is 9.17. The van der Waals surface area contributed by atoms with Crippen molar-refractivity contribution in [2.75, 3.05) is 4.90 Å². The number of para-hydroxylation sites is 3. The van der Waals surface area contributed by atoms with E-state index in [0.717, 1.165) is 94.4 Å². The molecule has 0 aliphatic rings. The molecule has 0 fully saturated rings. The van der Waals surface area contributed by atoms with Crippen molar-refractivity contribution in [1.82, 2.24) is 4.57 Å². The van der Waals surface area contributed by atoms with Gasteiger partial charge < -0.3 is 13.9 Å².